The Morgan fingerprint density at radius 2 is 2.00 bits per heavy atom. The van der Waals surface area contributed by atoms with E-state index in [0.29, 0.717) is 6.54 Å². The average molecular weight is 193 g/mol. The van der Waals surface area contributed by atoms with Crippen LogP contribution in [0.2, 0.25) is 0 Å². The summed E-state index contributed by atoms with van der Waals surface area (Å²) in [7, 11) is 0. The minimum Gasteiger partial charge on any atom is -0.326 e. The van der Waals surface area contributed by atoms with Crippen LogP contribution in [0.3, 0.4) is 0 Å². The molecular formula is C10H15N3O. The number of hydrogen-bond acceptors (Lipinski definition) is 3. The van der Waals surface area contributed by atoms with Crippen LogP contribution in [0.1, 0.15) is 12.5 Å². The minimum atomic E-state index is -0.496. The fourth-order valence-corrected chi connectivity index (χ4v) is 0.980. The summed E-state index contributed by atoms with van der Waals surface area (Å²) in [5.41, 5.74) is 12.6. The second-order valence-corrected chi connectivity index (χ2v) is 3.18. The van der Waals surface area contributed by atoms with Crippen molar-refractivity contribution in [3.05, 3.63) is 29.8 Å². The van der Waals surface area contributed by atoms with Crippen molar-refractivity contribution in [2.75, 3.05) is 5.32 Å². The zero-order chi connectivity index (χ0) is 10.6. The maximum absolute atomic E-state index is 11.2. The van der Waals surface area contributed by atoms with Crippen molar-refractivity contribution in [2.24, 2.45) is 11.5 Å². The largest absolute Gasteiger partial charge is 0.326 e. The summed E-state index contributed by atoms with van der Waals surface area (Å²) in [4.78, 5) is 11.2. The predicted octanol–water partition coefficient (Wildman–Crippen LogP) is 0.431. The molecule has 4 nitrogen and oxygen atoms in total. The van der Waals surface area contributed by atoms with Gasteiger partial charge in [-0.3, -0.25) is 4.79 Å². The van der Waals surface area contributed by atoms with E-state index in [1.807, 2.05) is 24.3 Å². The van der Waals surface area contributed by atoms with Crippen molar-refractivity contribution < 1.29 is 4.79 Å². The van der Waals surface area contributed by atoms with Gasteiger partial charge < -0.3 is 16.8 Å². The molecule has 0 bridgehead atoms. The van der Waals surface area contributed by atoms with E-state index < -0.39 is 6.04 Å². The SMILES string of the molecule is C[C@H](N)C(=O)Nc1ccc(CN)cc1. The van der Waals surface area contributed by atoms with Crippen LogP contribution in [0.15, 0.2) is 24.3 Å². The van der Waals surface area contributed by atoms with Gasteiger partial charge in [-0.1, -0.05) is 12.1 Å². The Morgan fingerprint density at radius 3 is 2.43 bits per heavy atom. The lowest BCUT2D eigenvalue weighted by atomic mass is 10.2. The Labute approximate surface area is 83.3 Å². The molecule has 0 heterocycles. The highest BCUT2D eigenvalue weighted by Crippen LogP contribution is 2.08. The molecule has 0 aliphatic carbocycles. The molecular weight excluding hydrogens is 178 g/mol. The first kappa shape index (κ1) is 10.7. The predicted molar refractivity (Wildman–Crippen MR) is 56.6 cm³/mol. The molecule has 0 aromatic heterocycles. The number of carbonyl (C=O) groups excluding carboxylic acids is 1. The molecule has 0 spiro atoms. The fourth-order valence-electron chi connectivity index (χ4n) is 0.980. The molecule has 0 aliphatic rings. The van der Waals surface area contributed by atoms with Crippen molar-refractivity contribution >= 4 is 11.6 Å². The Morgan fingerprint density at radius 1 is 1.43 bits per heavy atom. The molecule has 0 radical (unpaired) electrons. The summed E-state index contributed by atoms with van der Waals surface area (Å²) in [5.74, 6) is -0.189. The van der Waals surface area contributed by atoms with Crippen molar-refractivity contribution in [3.8, 4) is 0 Å². The smallest absolute Gasteiger partial charge is 0.240 e. The normalized spacial score (nSPS) is 12.2. The standard InChI is InChI=1S/C10H15N3O/c1-7(12)10(14)13-9-4-2-8(6-11)3-5-9/h2-5,7H,6,11-12H2,1H3,(H,13,14)/t7-/m0/s1. The maximum Gasteiger partial charge on any atom is 0.240 e. The van der Waals surface area contributed by atoms with Crippen molar-refractivity contribution in [1.82, 2.24) is 0 Å². The average Bonchev–Trinajstić information content (AvgIpc) is 2.19. The molecule has 0 fully saturated rings. The van der Waals surface area contributed by atoms with Gasteiger partial charge in [0.15, 0.2) is 0 Å². The van der Waals surface area contributed by atoms with Gasteiger partial charge in [0, 0.05) is 12.2 Å². The quantitative estimate of drug-likeness (QED) is 0.651. The molecule has 4 heteroatoms. The lowest BCUT2D eigenvalue weighted by Crippen LogP contribution is -2.32. The lowest BCUT2D eigenvalue weighted by molar-refractivity contribution is -0.117. The van der Waals surface area contributed by atoms with Crippen molar-refractivity contribution in [2.45, 2.75) is 19.5 Å². The summed E-state index contributed by atoms with van der Waals surface area (Å²) < 4.78 is 0. The van der Waals surface area contributed by atoms with E-state index in [9.17, 15) is 4.79 Å². The van der Waals surface area contributed by atoms with Crippen LogP contribution in [0.5, 0.6) is 0 Å². The Kier molecular flexibility index (Phi) is 3.62. The molecule has 1 aromatic rings. The van der Waals surface area contributed by atoms with Gasteiger partial charge in [0.1, 0.15) is 0 Å². The highest BCUT2D eigenvalue weighted by atomic mass is 16.2. The van der Waals surface area contributed by atoms with Crippen LogP contribution < -0.4 is 16.8 Å². The number of rotatable bonds is 3. The third-order valence-corrected chi connectivity index (χ3v) is 1.87. The number of nitrogens with one attached hydrogen (secondary N) is 1. The third-order valence-electron chi connectivity index (χ3n) is 1.87. The summed E-state index contributed by atoms with van der Waals surface area (Å²) in [5, 5.41) is 2.69. The summed E-state index contributed by atoms with van der Waals surface area (Å²) in [6.07, 6.45) is 0. The second kappa shape index (κ2) is 4.74. The molecule has 1 aromatic carbocycles. The summed E-state index contributed by atoms with van der Waals surface area (Å²) in [6, 6.07) is 6.86. The van der Waals surface area contributed by atoms with Gasteiger partial charge in [-0.2, -0.15) is 0 Å². The van der Waals surface area contributed by atoms with Gasteiger partial charge in [-0.25, -0.2) is 0 Å². The van der Waals surface area contributed by atoms with Crippen molar-refractivity contribution in [1.29, 1.82) is 0 Å². The first-order chi connectivity index (χ1) is 6.63. The molecule has 14 heavy (non-hydrogen) atoms. The summed E-state index contributed by atoms with van der Waals surface area (Å²) in [6.45, 7) is 2.14. The number of hydrogen-bond donors (Lipinski definition) is 3. The van der Waals surface area contributed by atoms with E-state index in [-0.39, 0.29) is 5.91 Å². The van der Waals surface area contributed by atoms with Crippen LogP contribution in [0, 0.1) is 0 Å². The number of amides is 1. The fraction of sp³-hybridized carbons (Fsp3) is 0.300. The first-order valence-corrected chi connectivity index (χ1v) is 4.49. The van der Waals surface area contributed by atoms with E-state index in [2.05, 4.69) is 5.32 Å². The molecule has 1 amide bonds. The van der Waals surface area contributed by atoms with Crippen LogP contribution >= 0.6 is 0 Å². The molecule has 1 atom stereocenters. The molecule has 0 saturated carbocycles. The van der Waals surface area contributed by atoms with Gasteiger partial charge in [-0.05, 0) is 24.6 Å². The molecule has 1 rings (SSSR count). The van der Waals surface area contributed by atoms with Gasteiger partial charge in [0.25, 0.3) is 0 Å². The number of carbonyl (C=O) groups is 1. The highest BCUT2D eigenvalue weighted by molar-refractivity contribution is 5.94. The van der Waals surface area contributed by atoms with Crippen molar-refractivity contribution in [3.63, 3.8) is 0 Å². The van der Waals surface area contributed by atoms with E-state index >= 15 is 0 Å². The van der Waals surface area contributed by atoms with Gasteiger partial charge >= 0.3 is 0 Å². The van der Waals surface area contributed by atoms with Crippen LogP contribution in [-0.2, 0) is 11.3 Å². The monoisotopic (exact) mass is 193 g/mol. The van der Waals surface area contributed by atoms with E-state index in [1.165, 1.54) is 0 Å². The first-order valence-electron chi connectivity index (χ1n) is 4.49. The highest BCUT2D eigenvalue weighted by Gasteiger charge is 2.06. The topological polar surface area (TPSA) is 81.1 Å². The van der Waals surface area contributed by atoms with Gasteiger partial charge in [0.2, 0.25) is 5.91 Å². The number of benzene rings is 1. The molecule has 0 aliphatic heterocycles. The van der Waals surface area contributed by atoms with E-state index in [1.54, 1.807) is 6.92 Å². The summed E-state index contributed by atoms with van der Waals surface area (Å²) >= 11 is 0. The number of nitrogens with two attached hydrogens (primary N) is 2. The van der Waals surface area contributed by atoms with Gasteiger partial charge in [-0.15, -0.1) is 0 Å². The Bertz CT molecular complexity index is 306. The van der Waals surface area contributed by atoms with Gasteiger partial charge in [0.05, 0.1) is 6.04 Å². The lowest BCUT2D eigenvalue weighted by Gasteiger charge is -2.07. The second-order valence-electron chi connectivity index (χ2n) is 3.18. The minimum absolute atomic E-state index is 0.189. The Hall–Kier alpha value is -1.39. The van der Waals surface area contributed by atoms with Crippen LogP contribution in [-0.4, -0.2) is 11.9 Å². The van der Waals surface area contributed by atoms with E-state index in [4.69, 9.17) is 11.5 Å². The number of anilines is 1. The van der Waals surface area contributed by atoms with Crippen LogP contribution in [0.4, 0.5) is 5.69 Å². The Balaban J connectivity index is 2.64. The molecule has 76 valence electrons. The third kappa shape index (κ3) is 2.83. The maximum atomic E-state index is 11.2. The molecule has 5 N–H and O–H groups in total. The molecule has 0 saturated heterocycles. The van der Waals surface area contributed by atoms with E-state index in [0.717, 1.165) is 11.3 Å². The zero-order valence-corrected chi connectivity index (χ0v) is 8.16. The van der Waals surface area contributed by atoms with Crippen LogP contribution in [0.25, 0.3) is 0 Å². The zero-order valence-electron chi connectivity index (χ0n) is 8.16. The molecule has 0 unspecified atom stereocenters.